The van der Waals surface area contributed by atoms with E-state index in [1.807, 2.05) is 0 Å². The molecule has 1 N–H and O–H groups in total. The fourth-order valence-corrected chi connectivity index (χ4v) is 3.27. The Labute approximate surface area is 120 Å². The Balaban J connectivity index is 2.46. The molecule has 0 bridgehead atoms. The first-order valence-corrected chi connectivity index (χ1v) is 8.47. The number of nitrogens with zero attached hydrogens (tertiary/aromatic N) is 2. The van der Waals surface area contributed by atoms with Crippen molar-refractivity contribution in [2.45, 2.75) is 18.9 Å². The van der Waals surface area contributed by atoms with E-state index in [2.05, 4.69) is 0 Å². The average molecular weight is 308 g/mol. The van der Waals surface area contributed by atoms with Crippen molar-refractivity contribution >= 4 is 15.9 Å². The van der Waals surface area contributed by atoms with Crippen LogP contribution in [0.15, 0.2) is 0 Å². The Morgan fingerprint density at radius 1 is 1.45 bits per heavy atom. The topological polar surface area (TPSA) is 87.2 Å². The summed E-state index contributed by atoms with van der Waals surface area (Å²) in [5, 5.41) is 9.61. The van der Waals surface area contributed by atoms with Crippen LogP contribution >= 0.6 is 0 Å². The van der Waals surface area contributed by atoms with Crippen molar-refractivity contribution < 1.29 is 23.1 Å². The minimum absolute atomic E-state index is 0.0479. The SMILES string of the molecule is COCC(O)CN(C)C(=O)C1CCN(S(C)(=O)=O)CC1. The molecule has 0 aromatic rings. The van der Waals surface area contributed by atoms with Crippen LogP contribution in [0.5, 0.6) is 0 Å². The summed E-state index contributed by atoms with van der Waals surface area (Å²) in [4.78, 5) is 13.7. The largest absolute Gasteiger partial charge is 0.389 e. The Morgan fingerprint density at radius 2 is 2.00 bits per heavy atom. The Morgan fingerprint density at radius 3 is 2.45 bits per heavy atom. The molecule has 7 nitrogen and oxygen atoms in total. The number of amides is 1. The highest BCUT2D eigenvalue weighted by Gasteiger charge is 2.30. The molecule has 1 aliphatic rings. The van der Waals surface area contributed by atoms with Crippen molar-refractivity contribution in [3.63, 3.8) is 0 Å². The van der Waals surface area contributed by atoms with Crippen LogP contribution in [0, 0.1) is 5.92 Å². The van der Waals surface area contributed by atoms with E-state index in [4.69, 9.17) is 4.74 Å². The van der Waals surface area contributed by atoms with Crippen molar-refractivity contribution in [3.05, 3.63) is 0 Å². The van der Waals surface area contributed by atoms with Crippen molar-refractivity contribution in [2.75, 3.05) is 46.7 Å². The van der Waals surface area contributed by atoms with Crippen LogP contribution in [0.3, 0.4) is 0 Å². The quantitative estimate of drug-likeness (QED) is 0.689. The van der Waals surface area contributed by atoms with E-state index < -0.39 is 16.1 Å². The van der Waals surface area contributed by atoms with Gasteiger partial charge in [0, 0.05) is 39.7 Å². The maximum atomic E-state index is 12.2. The van der Waals surface area contributed by atoms with E-state index >= 15 is 0 Å². The monoisotopic (exact) mass is 308 g/mol. The summed E-state index contributed by atoms with van der Waals surface area (Å²) in [6, 6.07) is 0. The Kier molecular flexibility index (Phi) is 6.38. The molecule has 20 heavy (non-hydrogen) atoms. The van der Waals surface area contributed by atoms with Crippen LogP contribution in [-0.2, 0) is 19.6 Å². The summed E-state index contributed by atoms with van der Waals surface area (Å²) < 4.78 is 29.0. The predicted molar refractivity (Wildman–Crippen MR) is 74.7 cm³/mol. The highest BCUT2D eigenvalue weighted by molar-refractivity contribution is 7.88. The zero-order valence-corrected chi connectivity index (χ0v) is 13.1. The molecule has 1 heterocycles. The lowest BCUT2D eigenvalue weighted by molar-refractivity contribution is -0.137. The summed E-state index contributed by atoms with van der Waals surface area (Å²) in [5.74, 6) is -0.221. The molecule has 1 amide bonds. The lowest BCUT2D eigenvalue weighted by Gasteiger charge is -2.32. The van der Waals surface area contributed by atoms with Gasteiger partial charge >= 0.3 is 0 Å². The highest BCUT2D eigenvalue weighted by Crippen LogP contribution is 2.21. The van der Waals surface area contributed by atoms with Crippen LogP contribution < -0.4 is 0 Å². The molecule has 0 spiro atoms. The summed E-state index contributed by atoms with van der Waals surface area (Å²) in [6.07, 6.45) is 1.53. The number of aliphatic hydroxyl groups is 1. The van der Waals surface area contributed by atoms with Gasteiger partial charge in [0.25, 0.3) is 0 Å². The molecule has 0 aromatic heterocycles. The summed E-state index contributed by atoms with van der Waals surface area (Å²) in [5.41, 5.74) is 0. The van der Waals surface area contributed by atoms with E-state index in [9.17, 15) is 18.3 Å². The minimum atomic E-state index is -3.17. The molecular weight excluding hydrogens is 284 g/mol. The number of ether oxygens (including phenoxy) is 1. The number of carbonyl (C=O) groups excluding carboxylic acids is 1. The first kappa shape index (κ1) is 17.4. The third-order valence-electron chi connectivity index (χ3n) is 3.49. The van der Waals surface area contributed by atoms with Crippen LogP contribution in [0.4, 0.5) is 0 Å². The molecule has 0 radical (unpaired) electrons. The Bertz CT molecular complexity index is 418. The number of piperidine rings is 1. The molecule has 1 aliphatic heterocycles. The van der Waals surface area contributed by atoms with E-state index in [1.165, 1.54) is 22.6 Å². The molecule has 8 heteroatoms. The highest BCUT2D eigenvalue weighted by atomic mass is 32.2. The third kappa shape index (κ3) is 5.01. The van der Waals surface area contributed by atoms with Crippen LogP contribution in [0.2, 0.25) is 0 Å². The van der Waals surface area contributed by atoms with Gasteiger partial charge in [0.15, 0.2) is 0 Å². The van der Waals surface area contributed by atoms with Gasteiger partial charge in [-0.15, -0.1) is 0 Å². The van der Waals surface area contributed by atoms with E-state index in [1.54, 1.807) is 7.05 Å². The van der Waals surface area contributed by atoms with Gasteiger partial charge in [0.05, 0.1) is 19.0 Å². The van der Waals surface area contributed by atoms with Gasteiger partial charge in [-0.25, -0.2) is 12.7 Å². The van der Waals surface area contributed by atoms with Gasteiger partial charge in [-0.1, -0.05) is 0 Å². The standard InChI is InChI=1S/C12H24N2O5S/c1-13(8-11(15)9-19-2)12(16)10-4-6-14(7-5-10)20(3,17)18/h10-11,15H,4-9H2,1-3H3. The molecule has 0 aromatic carbocycles. The molecular formula is C12H24N2O5S. The van der Waals surface area contributed by atoms with Gasteiger partial charge in [-0.2, -0.15) is 0 Å². The molecule has 1 saturated heterocycles. The van der Waals surface area contributed by atoms with Crippen LogP contribution in [0.25, 0.3) is 0 Å². The van der Waals surface area contributed by atoms with Crippen molar-refractivity contribution in [1.82, 2.24) is 9.21 Å². The predicted octanol–water partition coefficient (Wildman–Crippen LogP) is -0.876. The zero-order chi connectivity index (χ0) is 15.3. The number of rotatable bonds is 6. The second-order valence-electron chi connectivity index (χ2n) is 5.26. The second kappa shape index (κ2) is 7.35. The molecule has 1 rings (SSSR count). The van der Waals surface area contributed by atoms with Gasteiger partial charge in [-0.3, -0.25) is 4.79 Å². The first-order valence-electron chi connectivity index (χ1n) is 6.62. The number of hydrogen-bond acceptors (Lipinski definition) is 5. The van der Waals surface area contributed by atoms with Gasteiger partial charge in [0.1, 0.15) is 0 Å². The number of sulfonamides is 1. The van der Waals surface area contributed by atoms with Crippen LogP contribution in [-0.4, -0.2) is 81.4 Å². The second-order valence-corrected chi connectivity index (χ2v) is 7.25. The number of aliphatic hydroxyl groups excluding tert-OH is 1. The fraction of sp³-hybridized carbons (Fsp3) is 0.917. The maximum absolute atomic E-state index is 12.2. The molecule has 0 aliphatic carbocycles. The normalized spacial score (nSPS) is 19.8. The zero-order valence-electron chi connectivity index (χ0n) is 12.3. The lowest BCUT2D eigenvalue weighted by atomic mass is 9.96. The first-order chi connectivity index (χ1) is 9.25. The average Bonchev–Trinajstić information content (AvgIpc) is 2.37. The molecule has 1 fully saturated rings. The Hall–Kier alpha value is -0.700. The smallest absolute Gasteiger partial charge is 0.225 e. The number of carbonyl (C=O) groups is 1. The molecule has 0 saturated carbocycles. The minimum Gasteiger partial charge on any atom is -0.389 e. The maximum Gasteiger partial charge on any atom is 0.225 e. The van der Waals surface area contributed by atoms with Gasteiger partial charge < -0.3 is 14.7 Å². The van der Waals surface area contributed by atoms with Crippen molar-refractivity contribution in [3.8, 4) is 0 Å². The number of methoxy groups -OCH3 is 1. The number of likely N-dealkylation sites (N-methyl/N-ethyl adjacent to an activating group) is 1. The van der Waals surface area contributed by atoms with E-state index in [0.29, 0.717) is 25.9 Å². The summed E-state index contributed by atoms with van der Waals surface area (Å²) in [7, 11) is -0.0347. The van der Waals surface area contributed by atoms with E-state index in [-0.39, 0.29) is 25.0 Å². The molecule has 118 valence electrons. The molecule has 1 unspecified atom stereocenters. The lowest BCUT2D eigenvalue weighted by Crippen LogP contribution is -2.45. The summed E-state index contributed by atoms with van der Waals surface area (Å²) >= 11 is 0. The fourth-order valence-electron chi connectivity index (χ4n) is 2.40. The number of hydrogen-bond donors (Lipinski definition) is 1. The molecule has 1 atom stereocenters. The van der Waals surface area contributed by atoms with Gasteiger partial charge in [-0.05, 0) is 12.8 Å². The van der Waals surface area contributed by atoms with Crippen LogP contribution in [0.1, 0.15) is 12.8 Å². The van der Waals surface area contributed by atoms with Crippen molar-refractivity contribution in [1.29, 1.82) is 0 Å². The van der Waals surface area contributed by atoms with Gasteiger partial charge in [0.2, 0.25) is 15.9 Å². The van der Waals surface area contributed by atoms with Crippen molar-refractivity contribution in [2.24, 2.45) is 5.92 Å². The summed E-state index contributed by atoms with van der Waals surface area (Å²) in [6.45, 7) is 1.16. The van der Waals surface area contributed by atoms with E-state index in [0.717, 1.165) is 0 Å². The third-order valence-corrected chi connectivity index (χ3v) is 4.80.